The fraction of sp³-hybridized carbons (Fsp3) is 0.0952. The fourth-order valence-corrected chi connectivity index (χ4v) is 4.77. The van der Waals surface area contributed by atoms with Gasteiger partial charge in [-0.25, -0.2) is 9.97 Å². The van der Waals surface area contributed by atoms with E-state index in [9.17, 15) is 4.79 Å². The Bertz CT molecular complexity index is 1140. The number of fused-ring (bicyclic) bond motifs is 1. The Morgan fingerprint density at radius 1 is 1.18 bits per heavy atom. The first-order valence-electron chi connectivity index (χ1n) is 8.57. The quantitative estimate of drug-likeness (QED) is 0.312. The number of nitrogens with zero attached hydrogens (tertiary/aromatic N) is 2. The molecule has 0 radical (unpaired) electrons. The monoisotopic (exact) mass is 425 g/mol. The number of amides is 1. The van der Waals surface area contributed by atoms with Gasteiger partial charge in [0.2, 0.25) is 5.91 Å². The molecule has 0 bridgehead atoms. The largest absolute Gasteiger partial charge is 0.325 e. The topological polar surface area (TPSA) is 54.9 Å². The first-order valence-corrected chi connectivity index (χ1v) is 10.8. The molecule has 2 heterocycles. The van der Waals surface area contributed by atoms with Crippen LogP contribution in [0.5, 0.6) is 0 Å². The highest BCUT2D eigenvalue weighted by Gasteiger charge is 2.15. The molecule has 0 saturated carbocycles. The van der Waals surface area contributed by atoms with Crippen LogP contribution in [0.4, 0.5) is 5.69 Å². The predicted molar refractivity (Wildman–Crippen MR) is 118 cm³/mol. The number of carbonyl (C=O) groups excluding carboxylic acids is 1. The Morgan fingerprint density at radius 3 is 2.79 bits per heavy atom. The van der Waals surface area contributed by atoms with Crippen molar-refractivity contribution >= 4 is 56.5 Å². The molecule has 1 amide bonds. The van der Waals surface area contributed by atoms with E-state index in [-0.39, 0.29) is 11.7 Å². The van der Waals surface area contributed by atoms with E-state index in [1.165, 1.54) is 11.8 Å². The van der Waals surface area contributed by atoms with Gasteiger partial charge in [-0.15, -0.1) is 11.3 Å². The Kier molecular flexibility index (Phi) is 5.62. The number of thiophene rings is 1. The van der Waals surface area contributed by atoms with Crippen LogP contribution in [0.25, 0.3) is 21.3 Å². The van der Waals surface area contributed by atoms with Gasteiger partial charge in [0, 0.05) is 21.7 Å². The maximum atomic E-state index is 12.4. The molecule has 1 N–H and O–H groups in total. The first-order chi connectivity index (χ1) is 13.6. The molecule has 4 aromatic rings. The van der Waals surface area contributed by atoms with E-state index in [0.717, 1.165) is 37.6 Å². The molecular formula is C21H16ClN3OS2. The van der Waals surface area contributed by atoms with Crippen molar-refractivity contribution in [3.05, 3.63) is 70.8 Å². The third-order valence-corrected chi connectivity index (χ3v) is 6.26. The molecule has 4 nitrogen and oxygen atoms in total. The number of nitrogens with one attached hydrogen (secondary N) is 1. The molecular weight excluding hydrogens is 410 g/mol. The van der Waals surface area contributed by atoms with Gasteiger partial charge >= 0.3 is 0 Å². The minimum absolute atomic E-state index is 0.0642. The highest BCUT2D eigenvalue weighted by molar-refractivity contribution is 8.00. The lowest BCUT2D eigenvalue weighted by Gasteiger charge is -2.07. The van der Waals surface area contributed by atoms with Crippen molar-refractivity contribution in [3.63, 3.8) is 0 Å². The van der Waals surface area contributed by atoms with E-state index in [1.54, 1.807) is 17.7 Å². The minimum atomic E-state index is -0.0642. The summed E-state index contributed by atoms with van der Waals surface area (Å²) in [5.41, 5.74) is 4.01. The Morgan fingerprint density at radius 2 is 2.00 bits per heavy atom. The summed E-state index contributed by atoms with van der Waals surface area (Å²) in [6.07, 6.45) is 1.55. The predicted octanol–water partition coefficient (Wildman–Crippen LogP) is 6.05. The molecule has 0 fully saturated rings. The fourth-order valence-electron chi connectivity index (χ4n) is 2.85. The van der Waals surface area contributed by atoms with Crippen molar-refractivity contribution in [1.82, 2.24) is 9.97 Å². The summed E-state index contributed by atoms with van der Waals surface area (Å²) in [5.74, 6) is 0.210. The zero-order valence-corrected chi connectivity index (χ0v) is 17.4. The number of anilines is 1. The standard InChI is InChI=1S/C21H16ClN3OS2/c1-13-3-2-4-16(9-13)25-18(26)11-28-21-19-17(10-27-20(19)23-12-24-21)14-5-7-15(22)8-6-14/h2-10,12H,11H2,1H3,(H,25,26). The van der Waals surface area contributed by atoms with E-state index >= 15 is 0 Å². The summed E-state index contributed by atoms with van der Waals surface area (Å²) in [5, 5.41) is 7.47. The van der Waals surface area contributed by atoms with E-state index in [2.05, 4.69) is 20.7 Å². The van der Waals surface area contributed by atoms with Crippen molar-refractivity contribution in [2.75, 3.05) is 11.1 Å². The average Bonchev–Trinajstić information content (AvgIpc) is 3.12. The molecule has 2 aromatic heterocycles. The number of aromatic nitrogens is 2. The highest BCUT2D eigenvalue weighted by atomic mass is 35.5. The first kappa shape index (κ1) is 18.9. The van der Waals surface area contributed by atoms with Gasteiger partial charge in [-0.3, -0.25) is 4.79 Å². The molecule has 4 rings (SSSR count). The number of benzene rings is 2. The van der Waals surface area contributed by atoms with Crippen LogP contribution in [-0.2, 0) is 4.79 Å². The Labute approximate surface area is 176 Å². The molecule has 2 aromatic carbocycles. The van der Waals surface area contributed by atoms with Gasteiger partial charge in [0.1, 0.15) is 16.2 Å². The van der Waals surface area contributed by atoms with Gasteiger partial charge in [-0.05, 0) is 42.3 Å². The molecule has 0 saturated heterocycles. The van der Waals surface area contributed by atoms with E-state index in [1.807, 2.05) is 55.5 Å². The smallest absolute Gasteiger partial charge is 0.234 e. The SMILES string of the molecule is Cc1cccc(NC(=O)CSc2ncnc3scc(-c4ccc(Cl)cc4)c23)c1. The van der Waals surface area contributed by atoms with E-state index < -0.39 is 0 Å². The molecule has 0 aliphatic heterocycles. The number of aryl methyl sites for hydroxylation is 1. The Balaban J connectivity index is 1.56. The van der Waals surface area contributed by atoms with Crippen LogP contribution in [0.1, 0.15) is 5.56 Å². The second-order valence-electron chi connectivity index (χ2n) is 6.22. The molecule has 0 unspecified atom stereocenters. The van der Waals surface area contributed by atoms with Gasteiger partial charge in [-0.1, -0.05) is 47.6 Å². The third-order valence-electron chi connectivity index (χ3n) is 4.13. The van der Waals surface area contributed by atoms with Crippen LogP contribution in [0.15, 0.2) is 65.3 Å². The summed E-state index contributed by atoms with van der Waals surface area (Å²) in [4.78, 5) is 22.1. The summed E-state index contributed by atoms with van der Waals surface area (Å²) >= 11 is 9.00. The normalized spacial score (nSPS) is 10.9. The van der Waals surface area contributed by atoms with Crippen LogP contribution in [0.2, 0.25) is 5.02 Å². The molecule has 140 valence electrons. The van der Waals surface area contributed by atoms with E-state index in [4.69, 9.17) is 11.6 Å². The van der Waals surface area contributed by atoms with Crippen molar-refractivity contribution in [1.29, 1.82) is 0 Å². The Hall–Kier alpha value is -2.41. The number of halogens is 1. The second kappa shape index (κ2) is 8.31. The molecule has 0 aliphatic rings. The summed E-state index contributed by atoms with van der Waals surface area (Å²) in [6.45, 7) is 2.00. The summed E-state index contributed by atoms with van der Waals surface area (Å²) in [6, 6.07) is 15.5. The van der Waals surface area contributed by atoms with Gasteiger partial charge < -0.3 is 5.32 Å². The summed E-state index contributed by atoms with van der Waals surface area (Å²) < 4.78 is 0. The molecule has 0 atom stereocenters. The highest BCUT2D eigenvalue weighted by Crippen LogP contribution is 2.38. The van der Waals surface area contributed by atoms with Crippen molar-refractivity contribution in [2.24, 2.45) is 0 Å². The lowest BCUT2D eigenvalue weighted by Crippen LogP contribution is -2.14. The average molecular weight is 426 g/mol. The lowest BCUT2D eigenvalue weighted by atomic mass is 10.1. The van der Waals surface area contributed by atoms with Gasteiger partial charge in [-0.2, -0.15) is 0 Å². The maximum absolute atomic E-state index is 12.4. The molecule has 28 heavy (non-hydrogen) atoms. The van der Waals surface area contributed by atoms with Crippen LogP contribution < -0.4 is 5.32 Å². The number of hydrogen-bond donors (Lipinski definition) is 1. The van der Waals surface area contributed by atoms with E-state index in [0.29, 0.717) is 5.02 Å². The molecule has 0 spiro atoms. The van der Waals surface area contributed by atoms with Crippen LogP contribution in [0.3, 0.4) is 0 Å². The van der Waals surface area contributed by atoms with Gasteiger partial charge in [0.15, 0.2) is 0 Å². The number of rotatable bonds is 5. The second-order valence-corrected chi connectivity index (χ2v) is 8.48. The third kappa shape index (κ3) is 4.19. The zero-order valence-electron chi connectivity index (χ0n) is 15.0. The minimum Gasteiger partial charge on any atom is -0.325 e. The van der Waals surface area contributed by atoms with Crippen molar-refractivity contribution < 1.29 is 4.79 Å². The number of thioether (sulfide) groups is 1. The van der Waals surface area contributed by atoms with Crippen molar-refractivity contribution in [3.8, 4) is 11.1 Å². The van der Waals surface area contributed by atoms with Crippen LogP contribution in [-0.4, -0.2) is 21.6 Å². The number of carbonyl (C=O) groups is 1. The lowest BCUT2D eigenvalue weighted by molar-refractivity contribution is -0.113. The number of hydrogen-bond acceptors (Lipinski definition) is 5. The van der Waals surface area contributed by atoms with Crippen LogP contribution >= 0.6 is 34.7 Å². The molecule has 0 aliphatic carbocycles. The van der Waals surface area contributed by atoms with Crippen molar-refractivity contribution in [2.45, 2.75) is 11.9 Å². The summed E-state index contributed by atoms with van der Waals surface area (Å²) in [7, 11) is 0. The zero-order chi connectivity index (χ0) is 19.5. The van der Waals surface area contributed by atoms with Crippen LogP contribution in [0, 0.1) is 6.92 Å². The maximum Gasteiger partial charge on any atom is 0.234 e. The van der Waals surface area contributed by atoms with Gasteiger partial charge in [0.25, 0.3) is 0 Å². The van der Waals surface area contributed by atoms with Gasteiger partial charge in [0.05, 0.1) is 11.1 Å². The molecule has 7 heteroatoms.